The molecule has 0 radical (unpaired) electrons. The Balaban J connectivity index is 1.32. The Morgan fingerprint density at radius 3 is 2.84 bits per heavy atom. The van der Waals surface area contributed by atoms with Crippen molar-refractivity contribution in [3.8, 4) is 0 Å². The summed E-state index contributed by atoms with van der Waals surface area (Å²) in [5, 5.41) is 6.74. The molecule has 4 rings (SSSR count). The molecule has 2 N–H and O–H groups in total. The number of furan rings is 1. The van der Waals surface area contributed by atoms with E-state index in [1.54, 1.807) is 12.1 Å². The molecule has 0 spiro atoms. The number of rotatable bonds is 3. The van der Waals surface area contributed by atoms with E-state index in [1.165, 1.54) is 12.7 Å². The summed E-state index contributed by atoms with van der Waals surface area (Å²) in [5.41, 5.74) is -0.195. The van der Waals surface area contributed by atoms with E-state index in [0.29, 0.717) is 24.8 Å². The van der Waals surface area contributed by atoms with Crippen molar-refractivity contribution in [3.63, 3.8) is 0 Å². The van der Waals surface area contributed by atoms with Crippen LogP contribution in [-0.2, 0) is 4.79 Å². The van der Waals surface area contributed by atoms with Gasteiger partial charge in [-0.2, -0.15) is 0 Å². The van der Waals surface area contributed by atoms with E-state index in [2.05, 4.69) is 10.6 Å². The van der Waals surface area contributed by atoms with Crippen LogP contribution in [0.4, 0.5) is 0 Å². The van der Waals surface area contributed by atoms with Gasteiger partial charge in [-0.05, 0) is 50.3 Å². The average Bonchev–Trinajstić information content (AvgIpc) is 3.32. The molecule has 0 unspecified atom stereocenters. The van der Waals surface area contributed by atoms with Gasteiger partial charge in [0.25, 0.3) is 5.91 Å². The molecule has 25 heavy (non-hydrogen) atoms. The number of hydrogen-bond acceptors (Lipinski definition) is 4. The fraction of sp³-hybridized carbons (Fsp3) is 0.684. The van der Waals surface area contributed by atoms with Gasteiger partial charge in [0.15, 0.2) is 5.76 Å². The summed E-state index contributed by atoms with van der Waals surface area (Å²) < 4.78 is 5.20. The van der Waals surface area contributed by atoms with Gasteiger partial charge in [-0.3, -0.25) is 9.59 Å². The van der Waals surface area contributed by atoms with Gasteiger partial charge in [0, 0.05) is 25.7 Å². The fourth-order valence-corrected chi connectivity index (χ4v) is 4.80. The molecule has 6 heteroatoms. The fourth-order valence-electron chi connectivity index (χ4n) is 4.80. The molecule has 2 amide bonds. The molecule has 1 aromatic rings. The summed E-state index contributed by atoms with van der Waals surface area (Å²) >= 11 is 0. The zero-order valence-electron chi connectivity index (χ0n) is 14.6. The van der Waals surface area contributed by atoms with Crippen LogP contribution in [0.15, 0.2) is 22.8 Å². The third-order valence-corrected chi connectivity index (χ3v) is 6.34. The number of hydrogen-bond donors (Lipinski definition) is 2. The largest absolute Gasteiger partial charge is 0.459 e. The molecule has 1 saturated carbocycles. The maximum absolute atomic E-state index is 13.0. The standard InChI is InChI=1S/C19H27N3O3/c23-17(16-5-3-11-25-16)22-9-6-15(7-10-22)21-18(24)19-8-2-1-4-14(19)12-20-13-19/h3,5,11,14-15,20H,1-2,4,6-10,12-13H2,(H,21,24)/t14-,19+/m0/s1. The number of carbonyl (C=O) groups excluding carboxylic acids is 2. The van der Waals surface area contributed by atoms with Crippen LogP contribution in [0.2, 0.25) is 0 Å². The van der Waals surface area contributed by atoms with Crippen molar-refractivity contribution in [1.82, 2.24) is 15.5 Å². The van der Waals surface area contributed by atoms with Crippen molar-refractivity contribution in [1.29, 1.82) is 0 Å². The first kappa shape index (κ1) is 16.6. The van der Waals surface area contributed by atoms with Gasteiger partial charge in [-0.1, -0.05) is 12.8 Å². The van der Waals surface area contributed by atoms with Crippen LogP contribution in [0, 0.1) is 11.3 Å². The Kier molecular flexibility index (Phi) is 4.54. The SMILES string of the molecule is O=C(c1ccco1)N1CCC(NC(=O)[C@@]23CCCC[C@H]2CNC3)CC1. The van der Waals surface area contributed by atoms with Crippen LogP contribution in [0.5, 0.6) is 0 Å². The van der Waals surface area contributed by atoms with Crippen molar-refractivity contribution < 1.29 is 14.0 Å². The lowest BCUT2D eigenvalue weighted by molar-refractivity contribution is -0.135. The summed E-state index contributed by atoms with van der Waals surface area (Å²) in [7, 11) is 0. The van der Waals surface area contributed by atoms with Crippen LogP contribution in [0.1, 0.15) is 49.1 Å². The van der Waals surface area contributed by atoms with Gasteiger partial charge in [0.2, 0.25) is 5.91 Å². The molecule has 3 fully saturated rings. The zero-order chi connectivity index (χ0) is 17.3. The normalized spacial score (nSPS) is 30.1. The molecule has 3 aliphatic rings. The summed E-state index contributed by atoms with van der Waals surface area (Å²) in [5.74, 6) is 1.06. The quantitative estimate of drug-likeness (QED) is 0.876. The van der Waals surface area contributed by atoms with Crippen LogP contribution >= 0.6 is 0 Å². The monoisotopic (exact) mass is 345 g/mol. The lowest BCUT2D eigenvalue weighted by Gasteiger charge is -2.39. The molecule has 2 saturated heterocycles. The molecule has 0 aromatic carbocycles. The van der Waals surface area contributed by atoms with E-state index in [1.807, 2.05) is 4.90 Å². The number of likely N-dealkylation sites (tertiary alicyclic amines) is 1. The molecule has 136 valence electrons. The number of nitrogens with one attached hydrogen (secondary N) is 2. The summed E-state index contributed by atoms with van der Waals surface area (Å²) in [4.78, 5) is 27.2. The first-order valence-corrected chi connectivity index (χ1v) is 9.53. The van der Waals surface area contributed by atoms with Gasteiger partial charge in [0.05, 0.1) is 11.7 Å². The molecule has 1 aliphatic carbocycles. The molecular weight excluding hydrogens is 318 g/mol. The predicted molar refractivity (Wildman–Crippen MR) is 93.0 cm³/mol. The summed E-state index contributed by atoms with van der Waals surface area (Å²) in [6, 6.07) is 3.60. The molecular formula is C19H27N3O3. The van der Waals surface area contributed by atoms with Gasteiger partial charge in [0.1, 0.15) is 0 Å². The lowest BCUT2D eigenvalue weighted by atomic mass is 9.67. The highest BCUT2D eigenvalue weighted by molar-refractivity contribution is 5.91. The van der Waals surface area contributed by atoms with E-state index in [0.717, 1.165) is 45.2 Å². The van der Waals surface area contributed by atoms with Gasteiger partial charge in [-0.25, -0.2) is 0 Å². The highest BCUT2D eigenvalue weighted by Crippen LogP contribution is 2.44. The topological polar surface area (TPSA) is 74.6 Å². The van der Waals surface area contributed by atoms with Gasteiger partial charge in [-0.15, -0.1) is 0 Å². The Morgan fingerprint density at radius 2 is 2.08 bits per heavy atom. The van der Waals surface area contributed by atoms with Crippen LogP contribution in [0.25, 0.3) is 0 Å². The van der Waals surface area contributed by atoms with E-state index in [-0.39, 0.29) is 23.3 Å². The average molecular weight is 345 g/mol. The minimum Gasteiger partial charge on any atom is -0.459 e. The molecule has 1 aromatic heterocycles. The first-order chi connectivity index (χ1) is 12.2. The third kappa shape index (κ3) is 3.08. The van der Waals surface area contributed by atoms with Crippen molar-refractivity contribution in [2.24, 2.45) is 11.3 Å². The number of piperidine rings is 1. The second-order valence-electron chi connectivity index (χ2n) is 7.75. The number of nitrogens with zero attached hydrogens (tertiary/aromatic N) is 1. The molecule has 3 heterocycles. The minimum atomic E-state index is -0.195. The smallest absolute Gasteiger partial charge is 0.289 e. The van der Waals surface area contributed by atoms with Crippen LogP contribution in [-0.4, -0.2) is 48.9 Å². The summed E-state index contributed by atoms with van der Waals surface area (Å²) in [6.45, 7) is 3.13. The Hall–Kier alpha value is -1.82. The maximum atomic E-state index is 13.0. The predicted octanol–water partition coefficient (Wildman–Crippen LogP) is 1.78. The Labute approximate surface area is 148 Å². The third-order valence-electron chi connectivity index (χ3n) is 6.34. The molecule has 0 bridgehead atoms. The van der Waals surface area contributed by atoms with E-state index in [9.17, 15) is 9.59 Å². The number of amides is 2. The van der Waals surface area contributed by atoms with Crippen molar-refractivity contribution >= 4 is 11.8 Å². The number of carbonyl (C=O) groups is 2. The van der Waals surface area contributed by atoms with E-state index >= 15 is 0 Å². The van der Waals surface area contributed by atoms with Gasteiger partial charge >= 0.3 is 0 Å². The Bertz CT molecular complexity index is 622. The van der Waals surface area contributed by atoms with Crippen molar-refractivity contribution in [3.05, 3.63) is 24.2 Å². The summed E-state index contributed by atoms with van der Waals surface area (Å²) in [6.07, 6.45) is 7.72. The second-order valence-corrected chi connectivity index (χ2v) is 7.75. The minimum absolute atomic E-state index is 0.0549. The van der Waals surface area contributed by atoms with E-state index in [4.69, 9.17) is 4.42 Å². The number of fused-ring (bicyclic) bond motifs is 1. The first-order valence-electron chi connectivity index (χ1n) is 9.53. The van der Waals surface area contributed by atoms with Gasteiger partial charge < -0.3 is 20.0 Å². The van der Waals surface area contributed by atoms with Crippen molar-refractivity contribution in [2.45, 2.75) is 44.6 Å². The van der Waals surface area contributed by atoms with Crippen LogP contribution in [0.3, 0.4) is 0 Å². The molecule has 2 aliphatic heterocycles. The zero-order valence-corrected chi connectivity index (χ0v) is 14.6. The highest BCUT2D eigenvalue weighted by Gasteiger charge is 2.50. The molecule has 2 atom stereocenters. The van der Waals surface area contributed by atoms with Crippen LogP contribution < -0.4 is 10.6 Å². The lowest BCUT2D eigenvalue weighted by Crippen LogP contribution is -2.53. The maximum Gasteiger partial charge on any atom is 0.289 e. The second kappa shape index (κ2) is 6.83. The Morgan fingerprint density at radius 1 is 1.24 bits per heavy atom. The highest BCUT2D eigenvalue weighted by atomic mass is 16.3. The van der Waals surface area contributed by atoms with E-state index < -0.39 is 0 Å². The molecule has 6 nitrogen and oxygen atoms in total. The van der Waals surface area contributed by atoms with Crippen molar-refractivity contribution in [2.75, 3.05) is 26.2 Å².